The summed E-state index contributed by atoms with van der Waals surface area (Å²) in [7, 11) is 0. The molecular weight excluding hydrogens is 428 g/mol. The van der Waals surface area contributed by atoms with E-state index in [0.29, 0.717) is 11.3 Å². The minimum absolute atomic E-state index is 0.135. The maximum Gasteiger partial charge on any atom is 0.405 e. The fourth-order valence-corrected chi connectivity index (χ4v) is 4.29. The highest BCUT2D eigenvalue weighted by Crippen LogP contribution is 2.48. The Kier molecular flexibility index (Phi) is 6.26. The van der Waals surface area contributed by atoms with Crippen molar-refractivity contribution in [2.24, 2.45) is 5.41 Å². The van der Waals surface area contributed by atoms with E-state index >= 15 is 0 Å². The maximum atomic E-state index is 13.4. The molecule has 3 aromatic carbocycles. The smallest absolute Gasteiger partial charge is 0.405 e. The van der Waals surface area contributed by atoms with Gasteiger partial charge in [-0.3, -0.25) is 4.79 Å². The molecule has 1 fully saturated rings. The lowest BCUT2D eigenvalue weighted by Gasteiger charge is -2.30. The van der Waals surface area contributed by atoms with Crippen molar-refractivity contribution >= 4 is 22.8 Å². The molecule has 3 aromatic rings. The molecule has 0 radical (unpaired) electrons. The first kappa shape index (κ1) is 23.6. The third-order valence-electron chi connectivity index (χ3n) is 6.62. The normalized spacial score (nSPS) is 15.4. The van der Waals surface area contributed by atoms with Crippen molar-refractivity contribution in [2.45, 2.75) is 52.1 Å². The zero-order valence-corrected chi connectivity index (χ0v) is 20.1. The van der Waals surface area contributed by atoms with E-state index in [2.05, 4.69) is 34.9 Å². The minimum Gasteiger partial charge on any atom is -0.491 e. The third kappa shape index (κ3) is 5.01. The summed E-state index contributed by atoms with van der Waals surface area (Å²) in [6.45, 7) is 7.92. The molecule has 1 atom stereocenters. The molecule has 6 nitrogen and oxygen atoms in total. The summed E-state index contributed by atoms with van der Waals surface area (Å²) < 4.78 is 5.92. The van der Waals surface area contributed by atoms with Crippen LogP contribution in [-0.4, -0.2) is 29.8 Å². The van der Waals surface area contributed by atoms with Gasteiger partial charge in [0.15, 0.2) is 0 Å². The van der Waals surface area contributed by atoms with Gasteiger partial charge in [0, 0.05) is 5.56 Å². The summed E-state index contributed by atoms with van der Waals surface area (Å²) in [4.78, 5) is 24.5. The van der Waals surface area contributed by atoms with Crippen molar-refractivity contribution < 1.29 is 19.4 Å². The van der Waals surface area contributed by atoms with Crippen LogP contribution in [0.25, 0.3) is 10.8 Å². The van der Waals surface area contributed by atoms with Crippen LogP contribution in [0.1, 0.15) is 55.1 Å². The molecule has 1 aliphatic carbocycles. The number of carbonyl (C=O) groups is 2. The lowest BCUT2D eigenvalue weighted by molar-refractivity contribution is 0.0930. The molecule has 178 valence electrons. The largest absolute Gasteiger partial charge is 0.491 e. The fourth-order valence-electron chi connectivity index (χ4n) is 4.29. The van der Waals surface area contributed by atoms with Gasteiger partial charge in [-0.15, -0.1) is 0 Å². The van der Waals surface area contributed by atoms with Crippen molar-refractivity contribution in [1.29, 1.82) is 0 Å². The number of aryl methyl sites for hydroxylation is 1. The van der Waals surface area contributed by atoms with Crippen molar-refractivity contribution in [2.75, 3.05) is 6.61 Å². The molecule has 4 rings (SSSR count). The van der Waals surface area contributed by atoms with Gasteiger partial charge in [-0.1, -0.05) is 69.3 Å². The molecule has 2 amide bonds. The van der Waals surface area contributed by atoms with Crippen LogP contribution in [0, 0.1) is 12.3 Å². The summed E-state index contributed by atoms with van der Waals surface area (Å²) in [5.74, 6) is 0.400. The van der Waals surface area contributed by atoms with E-state index < -0.39 is 12.1 Å². The lowest BCUT2D eigenvalue weighted by atomic mass is 9.87. The predicted octanol–water partition coefficient (Wildman–Crippen LogP) is 5.63. The van der Waals surface area contributed by atoms with Crippen LogP contribution < -0.4 is 15.4 Å². The second-order valence-electron chi connectivity index (χ2n) is 10.2. The topological polar surface area (TPSA) is 87.7 Å². The van der Waals surface area contributed by atoms with Crippen LogP contribution in [0.5, 0.6) is 5.75 Å². The molecule has 6 heteroatoms. The van der Waals surface area contributed by atoms with Gasteiger partial charge in [0.1, 0.15) is 12.4 Å². The van der Waals surface area contributed by atoms with Gasteiger partial charge in [-0.25, -0.2) is 4.79 Å². The van der Waals surface area contributed by atoms with Crippen molar-refractivity contribution in [3.05, 3.63) is 77.4 Å². The van der Waals surface area contributed by atoms with Gasteiger partial charge in [0.05, 0.1) is 11.6 Å². The molecule has 0 aliphatic heterocycles. The molecule has 34 heavy (non-hydrogen) atoms. The van der Waals surface area contributed by atoms with E-state index in [4.69, 9.17) is 9.84 Å². The van der Waals surface area contributed by atoms with Crippen molar-refractivity contribution in [3.63, 3.8) is 0 Å². The first-order chi connectivity index (χ1) is 16.1. The maximum absolute atomic E-state index is 13.4. The Morgan fingerprint density at radius 2 is 1.76 bits per heavy atom. The number of benzene rings is 3. The zero-order chi connectivity index (χ0) is 24.5. The number of hydrogen-bond donors (Lipinski definition) is 3. The van der Waals surface area contributed by atoms with E-state index in [0.717, 1.165) is 34.7 Å². The van der Waals surface area contributed by atoms with E-state index in [9.17, 15) is 9.59 Å². The number of hydrogen-bond acceptors (Lipinski definition) is 3. The molecule has 0 aromatic heterocycles. The van der Waals surface area contributed by atoms with Crippen molar-refractivity contribution in [3.8, 4) is 5.75 Å². The number of ether oxygens (including phenoxy) is 1. The van der Waals surface area contributed by atoms with E-state index in [-0.39, 0.29) is 23.5 Å². The van der Waals surface area contributed by atoms with Gasteiger partial charge in [-0.05, 0) is 59.2 Å². The molecule has 1 unspecified atom stereocenters. The van der Waals surface area contributed by atoms with Gasteiger partial charge in [-0.2, -0.15) is 0 Å². The Morgan fingerprint density at radius 3 is 2.44 bits per heavy atom. The lowest BCUT2D eigenvalue weighted by Crippen LogP contribution is -2.47. The van der Waals surface area contributed by atoms with E-state index in [1.807, 2.05) is 58.0 Å². The highest BCUT2D eigenvalue weighted by molar-refractivity contribution is 5.97. The van der Waals surface area contributed by atoms with Crippen LogP contribution in [0.15, 0.2) is 60.7 Å². The summed E-state index contributed by atoms with van der Waals surface area (Å²) in [5, 5.41) is 17.3. The quantitative estimate of drug-likeness (QED) is 0.426. The molecular formula is C28H32N2O4. The number of amides is 2. The Balaban J connectivity index is 1.53. The van der Waals surface area contributed by atoms with Crippen LogP contribution in [0.2, 0.25) is 0 Å². The highest BCUT2D eigenvalue weighted by atomic mass is 16.5. The average molecular weight is 461 g/mol. The first-order valence-corrected chi connectivity index (χ1v) is 11.6. The Hall–Kier alpha value is -3.54. The van der Waals surface area contributed by atoms with Crippen LogP contribution in [0.3, 0.4) is 0 Å². The summed E-state index contributed by atoms with van der Waals surface area (Å²) in [5.41, 5.74) is 1.89. The number of rotatable bonds is 7. The second kappa shape index (κ2) is 9.01. The van der Waals surface area contributed by atoms with Crippen LogP contribution >= 0.6 is 0 Å². The second-order valence-corrected chi connectivity index (χ2v) is 10.2. The van der Waals surface area contributed by atoms with Gasteiger partial charge in [0.25, 0.3) is 5.91 Å². The van der Waals surface area contributed by atoms with Crippen LogP contribution in [-0.2, 0) is 5.54 Å². The third-order valence-corrected chi connectivity index (χ3v) is 6.62. The standard InChI is InChI=1S/C28H32N2O4/c1-18-12-13-20(34-17-24(27(2,3)4)29-26(32)33)16-22(18)25(31)30-28(14-15-28)23-11-7-9-19-8-5-6-10-21(19)23/h5-13,16,24,29H,14-15,17H2,1-4H3,(H,30,31)(H,32,33). The molecule has 1 saturated carbocycles. The minimum atomic E-state index is -1.09. The molecule has 3 N–H and O–H groups in total. The zero-order valence-electron chi connectivity index (χ0n) is 20.1. The predicted molar refractivity (Wildman–Crippen MR) is 133 cm³/mol. The summed E-state index contributed by atoms with van der Waals surface area (Å²) in [6, 6.07) is 19.5. The first-order valence-electron chi connectivity index (χ1n) is 11.6. The van der Waals surface area contributed by atoms with Crippen molar-refractivity contribution in [1.82, 2.24) is 10.6 Å². The Bertz CT molecular complexity index is 1220. The molecule has 0 saturated heterocycles. The van der Waals surface area contributed by atoms with Gasteiger partial charge < -0.3 is 20.5 Å². The number of carbonyl (C=O) groups excluding carboxylic acids is 1. The number of fused-ring (bicyclic) bond motifs is 1. The monoisotopic (exact) mass is 460 g/mol. The number of nitrogens with one attached hydrogen (secondary N) is 2. The average Bonchev–Trinajstić information content (AvgIpc) is 3.56. The summed E-state index contributed by atoms with van der Waals surface area (Å²) >= 11 is 0. The van der Waals surface area contributed by atoms with Gasteiger partial charge in [0.2, 0.25) is 0 Å². The SMILES string of the molecule is Cc1ccc(OCC(NC(=O)O)C(C)(C)C)cc1C(=O)NC1(c2cccc3ccccc23)CC1. The van der Waals surface area contributed by atoms with E-state index in [1.165, 1.54) is 0 Å². The summed E-state index contributed by atoms with van der Waals surface area (Å²) in [6.07, 6.45) is 0.710. The molecule has 1 aliphatic rings. The van der Waals surface area contributed by atoms with E-state index in [1.54, 1.807) is 6.07 Å². The fraction of sp³-hybridized carbons (Fsp3) is 0.357. The number of carboxylic acid groups (broad SMARTS) is 1. The Morgan fingerprint density at radius 1 is 1.06 bits per heavy atom. The molecule has 0 heterocycles. The molecule has 0 bridgehead atoms. The highest BCUT2D eigenvalue weighted by Gasteiger charge is 2.46. The molecule has 0 spiro atoms. The van der Waals surface area contributed by atoms with Gasteiger partial charge >= 0.3 is 6.09 Å². The Labute approximate surface area is 200 Å². The van der Waals surface area contributed by atoms with Crippen LogP contribution in [0.4, 0.5) is 4.79 Å².